The molecule has 0 bridgehead atoms. The number of carbonyl (C=O) groups is 4. The number of carboxylic acids is 1. The number of nitrogens with two attached hydrogens (primary N) is 1. The lowest BCUT2D eigenvalue weighted by atomic mass is 9.95. The summed E-state index contributed by atoms with van der Waals surface area (Å²) < 4.78 is 9.03. The van der Waals surface area contributed by atoms with Crippen molar-refractivity contribution in [1.82, 2.24) is 0 Å². The zero-order valence-electron chi connectivity index (χ0n) is 9.47. The van der Waals surface area contributed by atoms with Gasteiger partial charge in [-0.2, -0.15) is 29.1 Å². The molecule has 0 aromatic carbocycles. The van der Waals surface area contributed by atoms with Crippen molar-refractivity contribution in [2.45, 2.75) is 24.0 Å². The van der Waals surface area contributed by atoms with E-state index in [9.17, 15) is 19.2 Å². The molecule has 2 rings (SSSR count). The fourth-order valence-electron chi connectivity index (χ4n) is 1.51. The van der Waals surface area contributed by atoms with Crippen molar-refractivity contribution in [3.8, 4) is 0 Å². The van der Waals surface area contributed by atoms with E-state index in [4.69, 9.17) is 10.8 Å². The van der Waals surface area contributed by atoms with E-state index in [-0.39, 0.29) is 6.29 Å². The third-order valence-electron chi connectivity index (χ3n) is 2.50. The Morgan fingerprint density at radius 1 is 1.30 bits per heavy atom. The van der Waals surface area contributed by atoms with Gasteiger partial charge in [0, 0.05) is 6.42 Å². The molecular weight excluding hydrogens is 286 g/mol. The Labute approximate surface area is 109 Å². The Balaban J connectivity index is 2.41. The van der Waals surface area contributed by atoms with Gasteiger partial charge in [-0.05, 0) is 0 Å². The minimum absolute atomic E-state index is 0.244. The number of aliphatic carboxylic acids is 1. The molecule has 0 saturated carbocycles. The number of ether oxygens (including phenoxy) is 2. The summed E-state index contributed by atoms with van der Waals surface area (Å²) in [5, 5.41) is 9.00. The highest BCUT2D eigenvalue weighted by Crippen LogP contribution is 2.44. The van der Waals surface area contributed by atoms with Crippen LogP contribution in [0.4, 0.5) is 9.59 Å². The van der Waals surface area contributed by atoms with E-state index in [0.29, 0.717) is 0 Å². The Morgan fingerprint density at radius 2 is 1.90 bits per heavy atom. The van der Waals surface area contributed by atoms with E-state index in [1.807, 2.05) is 0 Å². The highest BCUT2D eigenvalue weighted by Gasteiger charge is 2.77. The van der Waals surface area contributed by atoms with E-state index in [1.54, 1.807) is 0 Å². The highest BCUT2D eigenvalue weighted by atomic mass is 17.4. The number of carboxylic acid groups (broad SMARTS) is 1. The van der Waals surface area contributed by atoms with E-state index >= 15 is 0 Å². The summed E-state index contributed by atoms with van der Waals surface area (Å²) >= 11 is 0. The van der Waals surface area contributed by atoms with Crippen LogP contribution >= 0.6 is 0 Å². The summed E-state index contributed by atoms with van der Waals surface area (Å²) in [5.74, 6) is -4.42. The molecule has 2 aliphatic rings. The third-order valence-corrected chi connectivity index (χ3v) is 2.50. The summed E-state index contributed by atoms with van der Waals surface area (Å²) in [5.41, 5.74) is 2.94. The molecular formula is C8H7NO11. The summed E-state index contributed by atoms with van der Waals surface area (Å²) in [4.78, 5) is 60.1. The molecule has 2 atom stereocenters. The fraction of sp³-hybridized carbons (Fsp3) is 0.500. The summed E-state index contributed by atoms with van der Waals surface area (Å²) in [7, 11) is 0. The zero-order valence-corrected chi connectivity index (χ0v) is 9.47. The molecule has 0 radical (unpaired) electrons. The first-order valence-corrected chi connectivity index (χ1v) is 4.96. The SMILES string of the molecule is NC1(C2(C(=O)O)OO2)OC(=O)OOC(=O)OC1CC=O. The largest absolute Gasteiger partial charge is 0.552 e. The molecule has 20 heavy (non-hydrogen) atoms. The molecule has 0 amide bonds. The monoisotopic (exact) mass is 293 g/mol. The van der Waals surface area contributed by atoms with E-state index in [0.717, 1.165) is 0 Å². The van der Waals surface area contributed by atoms with Gasteiger partial charge < -0.3 is 19.4 Å². The number of aldehydes is 1. The molecule has 3 N–H and O–H groups in total. The Kier molecular flexibility index (Phi) is 3.21. The number of hydrogen-bond acceptors (Lipinski definition) is 11. The van der Waals surface area contributed by atoms with Crippen LogP contribution in [0.3, 0.4) is 0 Å². The fourth-order valence-corrected chi connectivity index (χ4v) is 1.51. The van der Waals surface area contributed by atoms with Crippen molar-refractivity contribution in [3.63, 3.8) is 0 Å². The smallest absolute Gasteiger partial charge is 0.477 e. The highest BCUT2D eigenvalue weighted by molar-refractivity contribution is 5.80. The summed E-state index contributed by atoms with van der Waals surface area (Å²) in [6.45, 7) is 0. The van der Waals surface area contributed by atoms with Crippen LogP contribution in [-0.2, 0) is 38.6 Å². The lowest BCUT2D eigenvalue weighted by molar-refractivity contribution is -0.271. The third kappa shape index (κ3) is 2.01. The molecule has 0 aromatic rings. The van der Waals surface area contributed by atoms with Crippen LogP contribution in [-0.4, -0.2) is 47.3 Å². The molecule has 2 unspecified atom stereocenters. The van der Waals surface area contributed by atoms with Gasteiger partial charge >= 0.3 is 24.1 Å². The lowest BCUT2D eigenvalue weighted by Crippen LogP contribution is -2.68. The normalized spacial score (nSPS) is 31.6. The van der Waals surface area contributed by atoms with Crippen LogP contribution in [0, 0.1) is 0 Å². The van der Waals surface area contributed by atoms with Crippen LogP contribution in [0.1, 0.15) is 6.42 Å². The van der Waals surface area contributed by atoms with Gasteiger partial charge in [-0.3, -0.25) is 5.73 Å². The van der Waals surface area contributed by atoms with Crippen LogP contribution < -0.4 is 5.73 Å². The van der Waals surface area contributed by atoms with Gasteiger partial charge in [-0.25, -0.2) is 4.79 Å². The van der Waals surface area contributed by atoms with Crippen molar-refractivity contribution >= 4 is 24.6 Å². The van der Waals surface area contributed by atoms with Gasteiger partial charge in [0.05, 0.1) is 0 Å². The Bertz CT molecular complexity index is 471. The molecule has 110 valence electrons. The van der Waals surface area contributed by atoms with Crippen molar-refractivity contribution in [3.05, 3.63) is 0 Å². The Morgan fingerprint density at radius 3 is 2.40 bits per heavy atom. The van der Waals surface area contributed by atoms with Crippen LogP contribution in [0.15, 0.2) is 0 Å². The minimum Gasteiger partial charge on any atom is -0.477 e. The standard InChI is InChI=1S/C8H7NO11/c9-7(8(4(11)12)19-20-8)3(1-2-10)15-5(13)17-18-6(14)16-7/h2-3H,1,9H2,(H,11,12). The van der Waals surface area contributed by atoms with Gasteiger partial charge in [0.25, 0.3) is 5.72 Å². The number of carbonyl (C=O) groups excluding carboxylic acids is 3. The van der Waals surface area contributed by atoms with Gasteiger partial charge in [-0.15, -0.1) is 0 Å². The maximum absolute atomic E-state index is 11.2. The first-order valence-electron chi connectivity index (χ1n) is 4.96. The molecule has 2 saturated heterocycles. The summed E-state index contributed by atoms with van der Waals surface area (Å²) in [6.07, 6.45) is -5.32. The second-order valence-electron chi connectivity index (χ2n) is 3.66. The van der Waals surface area contributed by atoms with E-state index < -0.39 is 42.3 Å². The quantitative estimate of drug-likeness (QED) is 0.268. The number of rotatable bonds is 4. The molecule has 2 fully saturated rings. The zero-order chi connectivity index (χ0) is 15.0. The number of cyclic esters (lactones) is 2. The predicted octanol–water partition coefficient (Wildman–Crippen LogP) is -1.42. The predicted molar refractivity (Wildman–Crippen MR) is 49.1 cm³/mol. The van der Waals surface area contributed by atoms with Crippen molar-refractivity contribution in [2.75, 3.05) is 0 Å². The molecule has 0 aromatic heterocycles. The van der Waals surface area contributed by atoms with Gasteiger partial charge in [0.15, 0.2) is 6.10 Å². The van der Waals surface area contributed by atoms with Gasteiger partial charge in [0.2, 0.25) is 0 Å². The second-order valence-corrected chi connectivity index (χ2v) is 3.66. The van der Waals surface area contributed by atoms with Crippen LogP contribution in [0.25, 0.3) is 0 Å². The first kappa shape index (κ1) is 14.0. The Hall–Kier alpha value is -2.44. The lowest BCUT2D eigenvalue weighted by Gasteiger charge is -2.34. The van der Waals surface area contributed by atoms with Gasteiger partial charge in [-0.1, -0.05) is 0 Å². The van der Waals surface area contributed by atoms with Crippen LogP contribution in [0.2, 0.25) is 0 Å². The van der Waals surface area contributed by atoms with Gasteiger partial charge in [0.1, 0.15) is 6.29 Å². The summed E-state index contributed by atoms with van der Waals surface area (Å²) in [6, 6.07) is 0. The molecule has 12 nitrogen and oxygen atoms in total. The average Bonchev–Trinajstić information content (AvgIpc) is 3.16. The topological polar surface area (TPSA) is 177 Å². The maximum Gasteiger partial charge on any atom is 0.552 e. The average molecular weight is 293 g/mol. The minimum atomic E-state index is -2.67. The number of hydrogen-bond donors (Lipinski definition) is 2. The van der Waals surface area contributed by atoms with Crippen molar-refractivity contribution < 1.29 is 53.3 Å². The second kappa shape index (κ2) is 4.59. The molecule has 12 heteroatoms. The first-order chi connectivity index (χ1) is 9.35. The van der Waals surface area contributed by atoms with Crippen molar-refractivity contribution in [1.29, 1.82) is 0 Å². The molecule has 2 aliphatic heterocycles. The van der Waals surface area contributed by atoms with E-state index in [2.05, 4.69) is 29.0 Å². The molecule has 2 heterocycles. The van der Waals surface area contributed by atoms with E-state index in [1.165, 1.54) is 0 Å². The van der Waals surface area contributed by atoms with Crippen molar-refractivity contribution in [2.24, 2.45) is 5.73 Å². The molecule has 0 spiro atoms. The van der Waals surface area contributed by atoms with Crippen LogP contribution in [0.5, 0.6) is 0 Å². The maximum atomic E-state index is 11.2. The molecule has 0 aliphatic carbocycles.